The molecule has 2 N–H and O–H groups in total. The lowest BCUT2D eigenvalue weighted by molar-refractivity contribution is 0.185. The summed E-state index contributed by atoms with van der Waals surface area (Å²) in [5.41, 5.74) is 3.69. The van der Waals surface area contributed by atoms with Crippen molar-refractivity contribution in [1.29, 1.82) is 0 Å². The number of carbonyl (C=O) groups excluding carboxylic acids is 1. The Kier molecular flexibility index (Phi) is 4.25. The maximum absolute atomic E-state index is 12.9. The molecule has 4 rings (SSSR count). The minimum Gasteiger partial charge on any atom is -0.358 e. The van der Waals surface area contributed by atoms with Gasteiger partial charge in [-0.1, -0.05) is 38.1 Å². The molecule has 0 bridgehead atoms. The second kappa shape index (κ2) is 6.56. The van der Waals surface area contributed by atoms with Crippen molar-refractivity contribution in [3.8, 4) is 0 Å². The minimum atomic E-state index is 0.0306. The van der Waals surface area contributed by atoms with Crippen LogP contribution >= 0.6 is 11.3 Å². The van der Waals surface area contributed by atoms with Gasteiger partial charge in [0.05, 0.1) is 6.04 Å². The lowest BCUT2D eigenvalue weighted by atomic mass is 10.0. The van der Waals surface area contributed by atoms with Crippen molar-refractivity contribution in [3.05, 3.63) is 57.9 Å². The summed E-state index contributed by atoms with van der Waals surface area (Å²) in [6.07, 6.45) is 0.878. The summed E-state index contributed by atoms with van der Waals surface area (Å²) < 4.78 is 0. The van der Waals surface area contributed by atoms with Gasteiger partial charge in [0, 0.05) is 46.5 Å². The Morgan fingerprint density at radius 2 is 2.08 bits per heavy atom. The molecule has 4 nitrogen and oxygen atoms in total. The molecule has 1 unspecified atom stereocenters. The molecule has 1 aliphatic heterocycles. The standard InChI is InChI=1S/C20H23N3OS/c1-13(2)19(18-8-5-11-25-18)22-20(24)23-10-9-17-15(12-23)14-6-3-4-7-16(14)21-17/h3-8,11,13,19,21H,9-10,12H2,1-2H3,(H,22,24). The lowest BCUT2D eigenvalue weighted by Crippen LogP contribution is -2.44. The summed E-state index contributed by atoms with van der Waals surface area (Å²) >= 11 is 1.70. The molecule has 2 amide bonds. The molecular weight excluding hydrogens is 330 g/mol. The Bertz CT molecular complexity index is 882. The number of nitrogens with one attached hydrogen (secondary N) is 2. The number of benzene rings is 1. The van der Waals surface area contributed by atoms with Gasteiger partial charge in [-0.2, -0.15) is 0 Å². The van der Waals surface area contributed by atoms with Crippen LogP contribution in [0.1, 0.15) is 36.0 Å². The van der Waals surface area contributed by atoms with E-state index in [9.17, 15) is 4.79 Å². The highest BCUT2D eigenvalue weighted by Gasteiger charge is 2.27. The first-order valence-corrected chi connectivity index (χ1v) is 9.68. The molecule has 25 heavy (non-hydrogen) atoms. The molecule has 2 aromatic heterocycles. The lowest BCUT2D eigenvalue weighted by Gasteiger charge is -2.30. The van der Waals surface area contributed by atoms with Crippen LogP contribution in [0.4, 0.5) is 4.79 Å². The highest BCUT2D eigenvalue weighted by molar-refractivity contribution is 7.10. The summed E-state index contributed by atoms with van der Waals surface area (Å²) in [6.45, 7) is 5.72. The van der Waals surface area contributed by atoms with E-state index in [-0.39, 0.29) is 12.1 Å². The number of rotatable bonds is 3. The summed E-state index contributed by atoms with van der Waals surface area (Å²) in [7, 11) is 0. The monoisotopic (exact) mass is 353 g/mol. The average Bonchev–Trinajstić information content (AvgIpc) is 3.26. The maximum atomic E-state index is 12.9. The smallest absolute Gasteiger partial charge is 0.318 e. The Labute approximate surface area is 151 Å². The van der Waals surface area contributed by atoms with Gasteiger partial charge in [-0.05, 0) is 23.4 Å². The van der Waals surface area contributed by atoms with Gasteiger partial charge >= 0.3 is 6.03 Å². The second-order valence-corrected chi connectivity index (χ2v) is 7.97. The third-order valence-corrected chi connectivity index (χ3v) is 5.92. The number of hydrogen-bond acceptors (Lipinski definition) is 2. The number of amides is 2. The van der Waals surface area contributed by atoms with Crippen molar-refractivity contribution in [2.24, 2.45) is 5.92 Å². The van der Waals surface area contributed by atoms with Crippen molar-refractivity contribution in [2.75, 3.05) is 6.54 Å². The first kappa shape index (κ1) is 16.2. The molecule has 1 aliphatic rings. The molecular formula is C20H23N3OS. The Morgan fingerprint density at radius 3 is 2.84 bits per heavy atom. The van der Waals surface area contributed by atoms with Crippen LogP contribution in [0.2, 0.25) is 0 Å². The molecule has 3 aromatic rings. The molecule has 1 aromatic carbocycles. The third kappa shape index (κ3) is 3.04. The highest BCUT2D eigenvalue weighted by Crippen LogP contribution is 2.29. The van der Waals surface area contributed by atoms with Gasteiger partial charge in [-0.3, -0.25) is 0 Å². The Hall–Kier alpha value is -2.27. The van der Waals surface area contributed by atoms with E-state index < -0.39 is 0 Å². The topological polar surface area (TPSA) is 48.1 Å². The fourth-order valence-corrected chi connectivity index (χ4v) is 4.55. The summed E-state index contributed by atoms with van der Waals surface area (Å²) in [5.74, 6) is 0.357. The summed E-state index contributed by atoms with van der Waals surface area (Å²) in [4.78, 5) is 19.5. The number of fused-ring (bicyclic) bond motifs is 3. The van der Waals surface area contributed by atoms with Crippen molar-refractivity contribution in [2.45, 2.75) is 32.9 Å². The molecule has 1 atom stereocenters. The maximum Gasteiger partial charge on any atom is 0.318 e. The number of urea groups is 1. The van der Waals surface area contributed by atoms with E-state index in [2.05, 4.69) is 53.8 Å². The SMILES string of the molecule is CC(C)C(NC(=O)N1CCc2[nH]c3ccccc3c2C1)c1cccs1. The Morgan fingerprint density at radius 1 is 1.24 bits per heavy atom. The van der Waals surface area contributed by atoms with E-state index in [1.165, 1.54) is 21.5 Å². The van der Waals surface area contributed by atoms with E-state index in [1.807, 2.05) is 17.0 Å². The molecule has 0 saturated heterocycles. The molecule has 0 aliphatic carbocycles. The van der Waals surface area contributed by atoms with E-state index in [0.717, 1.165) is 18.5 Å². The first-order valence-electron chi connectivity index (χ1n) is 8.81. The van der Waals surface area contributed by atoms with Crippen LogP contribution in [0, 0.1) is 5.92 Å². The van der Waals surface area contributed by atoms with Gasteiger partial charge in [0.1, 0.15) is 0 Å². The fourth-order valence-electron chi connectivity index (χ4n) is 3.60. The number of H-pyrrole nitrogens is 1. The van der Waals surface area contributed by atoms with Crippen LogP contribution in [-0.4, -0.2) is 22.5 Å². The fraction of sp³-hybridized carbons (Fsp3) is 0.350. The summed E-state index contributed by atoms with van der Waals surface area (Å²) in [6, 6.07) is 12.6. The molecule has 0 fully saturated rings. The third-order valence-electron chi connectivity index (χ3n) is 4.97. The van der Waals surface area contributed by atoms with E-state index in [1.54, 1.807) is 11.3 Å². The van der Waals surface area contributed by atoms with Crippen LogP contribution in [-0.2, 0) is 13.0 Å². The van der Waals surface area contributed by atoms with Gasteiger partial charge in [-0.25, -0.2) is 4.79 Å². The zero-order valence-electron chi connectivity index (χ0n) is 14.6. The molecule has 3 heterocycles. The van der Waals surface area contributed by atoms with Crippen molar-refractivity contribution >= 4 is 28.3 Å². The van der Waals surface area contributed by atoms with E-state index >= 15 is 0 Å². The minimum absolute atomic E-state index is 0.0306. The quantitative estimate of drug-likeness (QED) is 0.705. The van der Waals surface area contributed by atoms with Gasteiger partial charge in [0.15, 0.2) is 0 Å². The van der Waals surface area contributed by atoms with Crippen LogP contribution in [0.15, 0.2) is 41.8 Å². The number of hydrogen-bond donors (Lipinski definition) is 2. The van der Waals surface area contributed by atoms with Gasteiger partial charge in [0.2, 0.25) is 0 Å². The van der Waals surface area contributed by atoms with Crippen LogP contribution in [0.3, 0.4) is 0 Å². The first-order chi connectivity index (χ1) is 12.1. The normalized spacial score (nSPS) is 15.4. The van der Waals surface area contributed by atoms with Gasteiger partial charge < -0.3 is 15.2 Å². The van der Waals surface area contributed by atoms with Crippen LogP contribution in [0.25, 0.3) is 10.9 Å². The zero-order chi connectivity index (χ0) is 17.4. The predicted molar refractivity (Wildman–Crippen MR) is 103 cm³/mol. The number of nitrogens with zero attached hydrogens (tertiary/aromatic N) is 1. The molecule has 5 heteroatoms. The van der Waals surface area contributed by atoms with Gasteiger partial charge in [0.25, 0.3) is 0 Å². The molecule has 0 spiro atoms. The average molecular weight is 353 g/mol. The van der Waals surface area contributed by atoms with E-state index in [4.69, 9.17) is 0 Å². The number of para-hydroxylation sites is 1. The van der Waals surface area contributed by atoms with Crippen molar-refractivity contribution in [3.63, 3.8) is 0 Å². The number of aromatic amines is 1. The number of aromatic nitrogens is 1. The summed E-state index contributed by atoms with van der Waals surface area (Å²) in [5, 5.41) is 6.54. The Balaban J connectivity index is 1.53. The number of thiophene rings is 1. The van der Waals surface area contributed by atoms with Crippen LogP contribution in [0.5, 0.6) is 0 Å². The number of carbonyl (C=O) groups is 1. The zero-order valence-corrected chi connectivity index (χ0v) is 15.4. The molecule has 130 valence electrons. The molecule has 0 radical (unpaired) electrons. The van der Waals surface area contributed by atoms with Crippen molar-refractivity contribution < 1.29 is 4.79 Å². The second-order valence-electron chi connectivity index (χ2n) is 6.99. The predicted octanol–water partition coefficient (Wildman–Crippen LogP) is 4.69. The van der Waals surface area contributed by atoms with Gasteiger partial charge in [-0.15, -0.1) is 11.3 Å². The highest BCUT2D eigenvalue weighted by atomic mass is 32.1. The largest absolute Gasteiger partial charge is 0.358 e. The van der Waals surface area contributed by atoms with Crippen molar-refractivity contribution in [1.82, 2.24) is 15.2 Å². The molecule has 0 saturated carbocycles. The van der Waals surface area contributed by atoms with Crippen LogP contribution < -0.4 is 5.32 Å². The van der Waals surface area contributed by atoms with E-state index in [0.29, 0.717) is 12.5 Å².